The number of pyridine rings is 2. The summed E-state index contributed by atoms with van der Waals surface area (Å²) in [6.45, 7) is 7.55. The van der Waals surface area contributed by atoms with Crippen molar-refractivity contribution < 1.29 is 4.79 Å². The second-order valence-electron chi connectivity index (χ2n) is 8.19. The van der Waals surface area contributed by atoms with Gasteiger partial charge in [0.15, 0.2) is 0 Å². The molecule has 0 aliphatic carbocycles. The third-order valence-electron chi connectivity index (χ3n) is 5.96. The van der Waals surface area contributed by atoms with Gasteiger partial charge in [0, 0.05) is 36.3 Å². The summed E-state index contributed by atoms with van der Waals surface area (Å²) in [5, 5.41) is 5.93. The highest BCUT2D eigenvalue weighted by molar-refractivity contribution is 6.31. The summed E-state index contributed by atoms with van der Waals surface area (Å²) in [4.78, 5) is 34.6. The average Bonchev–Trinajstić information content (AvgIpc) is 2.99. The van der Waals surface area contributed by atoms with E-state index in [9.17, 15) is 9.59 Å². The van der Waals surface area contributed by atoms with Crippen molar-refractivity contribution in [3.8, 4) is 0 Å². The van der Waals surface area contributed by atoms with Gasteiger partial charge in [0.2, 0.25) is 5.91 Å². The van der Waals surface area contributed by atoms with E-state index in [1.165, 1.54) is 0 Å². The van der Waals surface area contributed by atoms with Gasteiger partial charge in [-0.05, 0) is 38.8 Å². The van der Waals surface area contributed by atoms with Crippen molar-refractivity contribution in [1.82, 2.24) is 24.6 Å². The Hall–Kier alpha value is -2.67. The van der Waals surface area contributed by atoms with Crippen molar-refractivity contribution in [2.24, 2.45) is 5.92 Å². The lowest BCUT2D eigenvalue weighted by Gasteiger charge is -2.34. The van der Waals surface area contributed by atoms with Crippen molar-refractivity contribution in [2.75, 3.05) is 13.1 Å². The molecular formula is C22H26ClN5O2. The second kappa shape index (κ2) is 8.22. The number of fused-ring (bicyclic) bond motifs is 1. The standard InChI is InChI=1S/C22H26ClN5O2/c1-13(11-28-15(3)19(23)14(2)26-28)22(30)27-9-5-7-17(12-27)18-10-16-6-4-8-24-20(16)21(29)25-18/h4,6,8,10,13,17H,5,7,9,11-12H2,1-3H3,(H,25,29)/t13-,17+/m0/s1. The van der Waals surface area contributed by atoms with Crippen LogP contribution in [0.3, 0.4) is 0 Å². The summed E-state index contributed by atoms with van der Waals surface area (Å²) in [6, 6.07) is 5.72. The largest absolute Gasteiger partial charge is 0.342 e. The molecule has 1 saturated heterocycles. The van der Waals surface area contributed by atoms with Gasteiger partial charge in [0.05, 0.1) is 28.9 Å². The molecule has 1 aliphatic rings. The summed E-state index contributed by atoms with van der Waals surface area (Å²) < 4.78 is 1.81. The molecule has 1 aliphatic heterocycles. The molecule has 0 saturated carbocycles. The molecule has 3 aromatic heterocycles. The van der Waals surface area contributed by atoms with Crippen LogP contribution in [0.4, 0.5) is 0 Å². The molecule has 1 amide bonds. The van der Waals surface area contributed by atoms with E-state index in [0.29, 0.717) is 23.6 Å². The van der Waals surface area contributed by atoms with Crippen molar-refractivity contribution >= 4 is 28.4 Å². The molecule has 0 radical (unpaired) electrons. The Kier molecular flexibility index (Phi) is 5.64. The molecule has 2 atom stereocenters. The molecule has 0 unspecified atom stereocenters. The van der Waals surface area contributed by atoms with Gasteiger partial charge in [-0.3, -0.25) is 19.3 Å². The Morgan fingerprint density at radius 3 is 2.93 bits per heavy atom. The Morgan fingerprint density at radius 2 is 2.20 bits per heavy atom. The maximum atomic E-state index is 13.1. The van der Waals surface area contributed by atoms with Gasteiger partial charge in [0.25, 0.3) is 5.56 Å². The molecule has 158 valence electrons. The van der Waals surface area contributed by atoms with Gasteiger partial charge in [-0.25, -0.2) is 0 Å². The van der Waals surface area contributed by atoms with E-state index >= 15 is 0 Å². The molecule has 7 nitrogen and oxygen atoms in total. The normalized spacial score (nSPS) is 18.0. The monoisotopic (exact) mass is 427 g/mol. The molecule has 1 fully saturated rings. The number of aryl methyl sites for hydroxylation is 1. The minimum atomic E-state index is -0.210. The minimum Gasteiger partial charge on any atom is -0.342 e. The molecule has 30 heavy (non-hydrogen) atoms. The van der Waals surface area contributed by atoms with Crippen LogP contribution in [0.2, 0.25) is 5.02 Å². The highest BCUT2D eigenvalue weighted by atomic mass is 35.5. The number of carbonyl (C=O) groups excluding carboxylic acids is 1. The maximum Gasteiger partial charge on any atom is 0.274 e. The molecular weight excluding hydrogens is 402 g/mol. The molecule has 3 aromatic rings. The predicted octanol–water partition coefficient (Wildman–Crippen LogP) is 3.43. The SMILES string of the molecule is Cc1nn(C[C@H](C)C(=O)N2CCC[C@@H](c3cc4cccnc4c(=O)[nH]3)C2)c(C)c1Cl. The highest BCUT2D eigenvalue weighted by Gasteiger charge is 2.29. The van der Waals surface area contributed by atoms with Gasteiger partial charge in [-0.1, -0.05) is 24.6 Å². The third kappa shape index (κ3) is 3.86. The van der Waals surface area contributed by atoms with E-state index in [0.717, 1.165) is 41.9 Å². The number of H-pyrrole nitrogens is 1. The fourth-order valence-corrected chi connectivity index (χ4v) is 4.41. The fraction of sp³-hybridized carbons (Fsp3) is 0.455. The van der Waals surface area contributed by atoms with Crippen LogP contribution in [0, 0.1) is 19.8 Å². The number of nitrogens with zero attached hydrogens (tertiary/aromatic N) is 4. The number of hydrogen-bond acceptors (Lipinski definition) is 4. The molecule has 0 bridgehead atoms. The van der Waals surface area contributed by atoms with Crippen LogP contribution in [-0.4, -0.2) is 43.6 Å². The van der Waals surface area contributed by atoms with Crippen molar-refractivity contribution in [1.29, 1.82) is 0 Å². The summed E-state index contributed by atoms with van der Waals surface area (Å²) >= 11 is 6.24. The van der Waals surface area contributed by atoms with E-state index in [1.54, 1.807) is 6.20 Å². The molecule has 0 spiro atoms. The van der Waals surface area contributed by atoms with E-state index in [-0.39, 0.29) is 23.3 Å². The first-order valence-electron chi connectivity index (χ1n) is 10.3. The van der Waals surface area contributed by atoms with E-state index in [2.05, 4.69) is 15.1 Å². The molecule has 8 heteroatoms. The number of aromatic amines is 1. The molecule has 1 N–H and O–H groups in total. The first-order chi connectivity index (χ1) is 14.3. The summed E-state index contributed by atoms with van der Waals surface area (Å²) in [7, 11) is 0. The van der Waals surface area contributed by atoms with Gasteiger partial charge in [-0.2, -0.15) is 5.10 Å². The quantitative estimate of drug-likeness (QED) is 0.691. The number of amides is 1. The first kappa shape index (κ1) is 20.6. The maximum absolute atomic E-state index is 13.1. The highest BCUT2D eigenvalue weighted by Crippen LogP contribution is 2.28. The number of hydrogen-bond donors (Lipinski definition) is 1. The summed E-state index contributed by atoms with van der Waals surface area (Å²) in [6.07, 6.45) is 3.46. The summed E-state index contributed by atoms with van der Waals surface area (Å²) in [5.41, 5.74) is 2.80. The lowest BCUT2D eigenvalue weighted by Crippen LogP contribution is -2.43. The zero-order valence-electron chi connectivity index (χ0n) is 17.5. The number of piperidine rings is 1. The van der Waals surface area contributed by atoms with Crippen molar-refractivity contribution in [2.45, 2.75) is 46.1 Å². The van der Waals surface area contributed by atoms with Crippen molar-refractivity contribution in [3.05, 3.63) is 56.9 Å². The van der Waals surface area contributed by atoms with E-state index in [1.807, 2.05) is 48.6 Å². The molecule has 0 aromatic carbocycles. The number of rotatable bonds is 4. The Morgan fingerprint density at radius 1 is 1.40 bits per heavy atom. The zero-order valence-corrected chi connectivity index (χ0v) is 18.2. The van der Waals surface area contributed by atoms with E-state index in [4.69, 9.17) is 11.6 Å². The van der Waals surface area contributed by atoms with E-state index < -0.39 is 0 Å². The van der Waals surface area contributed by atoms with Crippen LogP contribution in [0.25, 0.3) is 10.9 Å². The lowest BCUT2D eigenvalue weighted by atomic mass is 9.92. The Labute approximate surface area is 180 Å². The van der Waals surface area contributed by atoms with Gasteiger partial charge < -0.3 is 9.88 Å². The third-order valence-corrected chi connectivity index (χ3v) is 6.50. The van der Waals surface area contributed by atoms with Gasteiger partial charge in [0.1, 0.15) is 5.52 Å². The molecule has 4 rings (SSSR count). The van der Waals surface area contributed by atoms with Crippen LogP contribution >= 0.6 is 11.6 Å². The number of nitrogens with one attached hydrogen (secondary N) is 1. The Bertz CT molecular complexity index is 1150. The van der Waals surface area contributed by atoms with Crippen LogP contribution in [0.15, 0.2) is 29.2 Å². The number of halogens is 1. The van der Waals surface area contributed by atoms with Gasteiger partial charge in [-0.15, -0.1) is 0 Å². The first-order valence-corrected chi connectivity index (χ1v) is 10.7. The predicted molar refractivity (Wildman–Crippen MR) is 117 cm³/mol. The smallest absolute Gasteiger partial charge is 0.274 e. The summed E-state index contributed by atoms with van der Waals surface area (Å²) in [5.74, 6) is 0.00109. The number of likely N-dealkylation sites (tertiary alicyclic amines) is 1. The minimum absolute atomic E-state index is 0.105. The Balaban J connectivity index is 1.50. The topological polar surface area (TPSA) is 83.9 Å². The second-order valence-corrected chi connectivity index (χ2v) is 8.56. The average molecular weight is 428 g/mol. The zero-order chi connectivity index (χ0) is 21.4. The lowest BCUT2D eigenvalue weighted by molar-refractivity contribution is -0.136. The van der Waals surface area contributed by atoms with Crippen LogP contribution in [0.5, 0.6) is 0 Å². The fourth-order valence-electron chi connectivity index (χ4n) is 4.27. The number of carbonyl (C=O) groups is 1. The van der Waals surface area contributed by atoms with Gasteiger partial charge >= 0.3 is 0 Å². The van der Waals surface area contributed by atoms with Crippen LogP contribution in [-0.2, 0) is 11.3 Å². The number of aromatic nitrogens is 4. The van der Waals surface area contributed by atoms with Crippen molar-refractivity contribution in [3.63, 3.8) is 0 Å². The van der Waals surface area contributed by atoms with Crippen LogP contribution < -0.4 is 5.56 Å². The van der Waals surface area contributed by atoms with Crippen LogP contribution in [0.1, 0.15) is 42.8 Å². The molecule has 4 heterocycles.